The molecule has 0 spiro atoms. The lowest BCUT2D eigenvalue weighted by Crippen LogP contribution is -2.19. The number of nitrogens with zero attached hydrogens (tertiary/aromatic N) is 1. The highest BCUT2D eigenvalue weighted by Gasteiger charge is 2.15. The lowest BCUT2D eigenvalue weighted by atomic mass is 10.2. The van der Waals surface area contributed by atoms with Crippen LogP contribution in [0.15, 0.2) is 32.9 Å². The van der Waals surface area contributed by atoms with Crippen LogP contribution >= 0.6 is 11.8 Å². The van der Waals surface area contributed by atoms with E-state index < -0.39 is 11.6 Å². The van der Waals surface area contributed by atoms with Crippen LogP contribution in [0.25, 0.3) is 0 Å². The monoisotopic (exact) mass is 312 g/mol. The van der Waals surface area contributed by atoms with Crippen molar-refractivity contribution in [1.82, 2.24) is 10.3 Å². The Kier molecular flexibility index (Phi) is 5.36. The molecule has 0 amide bonds. The molecule has 21 heavy (non-hydrogen) atoms. The molecular formula is C15H18F2N2OS. The fraction of sp³-hybridized carbons (Fsp3) is 0.400. The molecule has 0 radical (unpaired) electrons. The van der Waals surface area contributed by atoms with E-state index in [1.807, 2.05) is 0 Å². The van der Waals surface area contributed by atoms with Crippen molar-refractivity contribution < 1.29 is 13.2 Å². The van der Waals surface area contributed by atoms with E-state index in [9.17, 15) is 8.78 Å². The molecule has 1 heterocycles. The largest absolute Gasteiger partial charge is 0.439 e. The van der Waals surface area contributed by atoms with Gasteiger partial charge >= 0.3 is 0 Å². The molecule has 0 saturated heterocycles. The van der Waals surface area contributed by atoms with Gasteiger partial charge in [0.25, 0.3) is 5.22 Å². The second-order valence-corrected chi connectivity index (χ2v) is 6.23. The Morgan fingerprint density at radius 1 is 1.29 bits per heavy atom. The van der Waals surface area contributed by atoms with Crippen molar-refractivity contribution in [2.24, 2.45) is 5.92 Å². The summed E-state index contributed by atoms with van der Waals surface area (Å²) < 4.78 is 33.2. The first-order valence-electron chi connectivity index (χ1n) is 6.74. The van der Waals surface area contributed by atoms with Crippen LogP contribution < -0.4 is 5.32 Å². The molecule has 0 aliphatic heterocycles. The van der Waals surface area contributed by atoms with Crippen molar-refractivity contribution >= 4 is 11.8 Å². The maximum Gasteiger partial charge on any atom is 0.260 e. The summed E-state index contributed by atoms with van der Waals surface area (Å²) in [6.45, 7) is 7.15. The van der Waals surface area contributed by atoms with E-state index in [-0.39, 0.29) is 10.1 Å². The van der Waals surface area contributed by atoms with Crippen LogP contribution in [0, 0.1) is 24.5 Å². The molecular weight excluding hydrogens is 294 g/mol. The van der Waals surface area contributed by atoms with Crippen molar-refractivity contribution in [3.8, 4) is 0 Å². The predicted octanol–water partition coefficient (Wildman–Crippen LogP) is 4.16. The van der Waals surface area contributed by atoms with Gasteiger partial charge in [-0.25, -0.2) is 13.8 Å². The SMILES string of the molecule is Cc1coc(Sc2c(F)cc(CNCC(C)C)cc2F)n1. The second kappa shape index (κ2) is 7.04. The third-order valence-electron chi connectivity index (χ3n) is 2.73. The average Bonchev–Trinajstić information content (AvgIpc) is 2.79. The molecule has 2 rings (SSSR count). The molecule has 3 nitrogen and oxygen atoms in total. The molecule has 0 atom stereocenters. The van der Waals surface area contributed by atoms with E-state index >= 15 is 0 Å². The lowest BCUT2D eigenvalue weighted by molar-refractivity contribution is 0.451. The van der Waals surface area contributed by atoms with Gasteiger partial charge in [0.05, 0.1) is 10.6 Å². The Morgan fingerprint density at radius 2 is 1.95 bits per heavy atom. The van der Waals surface area contributed by atoms with Gasteiger partial charge in [-0.3, -0.25) is 0 Å². The van der Waals surface area contributed by atoms with Crippen molar-refractivity contribution in [2.75, 3.05) is 6.54 Å². The zero-order chi connectivity index (χ0) is 15.4. The van der Waals surface area contributed by atoms with Crippen LogP contribution in [-0.2, 0) is 6.54 Å². The van der Waals surface area contributed by atoms with Crippen LogP contribution in [0.4, 0.5) is 8.78 Å². The number of nitrogens with one attached hydrogen (secondary N) is 1. The van der Waals surface area contributed by atoms with Gasteiger partial charge in [0.15, 0.2) is 0 Å². The Bertz CT molecular complexity index is 590. The summed E-state index contributed by atoms with van der Waals surface area (Å²) in [5.74, 6) is -0.711. The molecule has 0 saturated carbocycles. The molecule has 1 N–H and O–H groups in total. The first-order chi connectivity index (χ1) is 9.95. The highest BCUT2D eigenvalue weighted by atomic mass is 32.2. The van der Waals surface area contributed by atoms with E-state index in [1.165, 1.54) is 18.4 Å². The zero-order valence-corrected chi connectivity index (χ0v) is 13.1. The summed E-state index contributed by atoms with van der Waals surface area (Å²) >= 11 is 0.851. The van der Waals surface area contributed by atoms with Gasteiger partial charge < -0.3 is 9.73 Å². The van der Waals surface area contributed by atoms with Gasteiger partial charge in [0, 0.05) is 6.54 Å². The fourth-order valence-electron chi connectivity index (χ4n) is 1.78. The van der Waals surface area contributed by atoms with Crippen molar-refractivity contribution in [3.05, 3.63) is 41.3 Å². The highest BCUT2D eigenvalue weighted by Crippen LogP contribution is 2.32. The van der Waals surface area contributed by atoms with Crippen molar-refractivity contribution in [3.63, 3.8) is 0 Å². The summed E-state index contributed by atoms with van der Waals surface area (Å²) in [6, 6.07) is 2.68. The first kappa shape index (κ1) is 16.0. The van der Waals surface area contributed by atoms with Gasteiger partial charge in [-0.1, -0.05) is 13.8 Å². The predicted molar refractivity (Wildman–Crippen MR) is 78.3 cm³/mol. The van der Waals surface area contributed by atoms with Gasteiger partial charge in [-0.15, -0.1) is 0 Å². The molecule has 0 aliphatic carbocycles. The number of benzene rings is 1. The molecule has 1 aromatic heterocycles. The number of aromatic nitrogens is 1. The number of hydrogen-bond donors (Lipinski definition) is 1. The Balaban J connectivity index is 2.09. The van der Waals surface area contributed by atoms with E-state index in [0.717, 1.165) is 18.3 Å². The molecule has 0 bridgehead atoms. The minimum atomic E-state index is -0.600. The summed E-state index contributed by atoms with van der Waals surface area (Å²) in [5, 5.41) is 3.39. The second-order valence-electron chi connectivity index (χ2n) is 5.27. The summed E-state index contributed by atoms with van der Waals surface area (Å²) in [4.78, 5) is 3.94. The maximum absolute atomic E-state index is 14.0. The minimum absolute atomic E-state index is 0.0931. The number of hydrogen-bond acceptors (Lipinski definition) is 4. The molecule has 0 aliphatic rings. The van der Waals surface area contributed by atoms with Crippen LogP contribution in [0.2, 0.25) is 0 Å². The average molecular weight is 312 g/mol. The lowest BCUT2D eigenvalue weighted by Gasteiger charge is -2.09. The van der Waals surface area contributed by atoms with E-state index in [1.54, 1.807) is 6.92 Å². The Morgan fingerprint density at radius 3 is 2.48 bits per heavy atom. The van der Waals surface area contributed by atoms with Gasteiger partial charge in [-0.05, 0) is 48.8 Å². The van der Waals surface area contributed by atoms with E-state index in [2.05, 4.69) is 24.1 Å². The number of rotatable bonds is 6. The quantitative estimate of drug-likeness (QED) is 0.869. The summed E-state index contributed by atoms with van der Waals surface area (Å²) in [7, 11) is 0. The van der Waals surface area contributed by atoms with Crippen LogP contribution in [0.3, 0.4) is 0 Å². The topological polar surface area (TPSA) is 38.1 Å². The van der Waals surface area contributed by atoms with Gasteiger partial charge in [0.2, 0.25) is 0 Å². The third-order valence-corrected chi connectivity index (χ3v) is 3.68. The van der Waals surface area contributed by atoms with Crippen LogP contribution in [0.5, 0.6) is 0 Å². The Labute approximate surface area is 127 Å². The van der Waals surface area contributed by atoms with Crippen molar-refractivity contribution in [1.29, 1.82) is 0 Å². The maximum atomic E-state index is 14.0. The van der Waals surface area contributed by atoms with E-state index in [0.29, 0.717) is 23.7 Å². The third kappa shape index (κ3) is 4.54. The van der Waals surface area contributed by atoms with Gasteiger partial charge in [0.1, 0.15) is 17.9 Å². The zero-order valence-electron chi connectivity index (χ0n) is 12.2. The van der Waals surface area contributed by atoms with Crippen LogP contribution in [-0.4, -0.2) is 11.5 Å². The van der Waals surface area contributed by atoms with Gasteiger partial charge in [-0.2, -0.15) is 0 Å². The molecule has 6 heteroatoms. The van der Waals surface area contributed by atoms with E-state index in [4.69, 9.17) is 4.42 Å². The summed E-state index contributed by atoms with van der Waals surface area (Å²) in [6.07, 6.45) is 1.45. The summed E-state index contributed by atoms with van der Waals surface area (Å²) in [5.41, 5.74) is 1.26. The molecule has 2 aromatic rings. The number of aryl methyl sites for hydroxylation is 1. The molecule has 1 aromatic carbocycles. The minimum Gasteiger partial charge on any atom is -0.439 e. The molecule has 0 unspecified atom stereocenters. The Hall–Kier alpha value is -1.40. The van der Waals surface area contributed by atoms with Crippen LogP contribution in [0.1, 0.15) is 25.1 Å². The normalized spacial score (nSPS) is 11.3. The smallest absolute Gasteiger partial charge is 0.260 e. The standard InChI is InChI=1S/C15H18F2N2OS/c1-9(2)6-18-7-11-4-12(16)14(13(17)5-11)21-15-19-10(3)8-20-15/h4-5,8-9,18H,6-7H2,1-3H3. The van der Waals surface area contributed by atoms with Crippen molar-refractivity contribution in [2.45, 2.75) is 37.4 Å². The fourth-order valence-corrected chi connectivity index (χ4v) is 2.56. The number of oxazole rings is 1. The highest BCUT2D eigenvalue weighted by molar-refractivity contribution is 7.99. The molecule has 0 fully saturated rings. The number of halogens is 2. The molecule has 114 valence electrons. The first-order valence-corrected chi connectivity index (χ1v) is 7.56.